The summed E-state index contributed by atoms with van der Waals surface area (Å²) in [5.41, 5.74) is 3.37. The lowest BCUT2D eigenvalue weighted by atomic mass is 10.0. The number of hydrogen-bond acceptors (Lipinski definition) is 6. The first kappa shape index (κ1) is 21.5. The minimum atomic E-state index is -0.00785. The molecule has 0 fully saturated rings. The predicted octanol–water partition coefficient (Wildman–Crippen LogP) is 5.67. The Balaban J connectivity index is 1.52. The lowest BCUT2D eigenvalue weighted by molar-refractivity contribution is -0.127. The number of benzene rings is 2. The van der Waals surface area contributed by atoms with Crippen LogP contribution < -0.4 is 0 Å². The van der Waals surface area contributed by atoms with Crippen molar-refractivity contribution in [2.45, 2.75) is 11.7 Å². The van der Waals surface area contributed by atoms with Gasteiger partial charge in [-0.3, -0.25) is 4.79 Å². The Morgan fingerprint density at radius 1 is 0.935 bits per heavy atom. The molecule has 2 aromatic heterocycles. The molecule has 1 amide bonds. The summed E-state index contributed by atoms with van der Waals surface area (Å²) in [6.45, 7) is 0.526. The van der Waals surface area contributed by atoms with Crippen LogP contribution in [0.15, 0.2) is 78.0 Å². The van der Waals surface area contributed by atoms with E-state index >= 15 is 0 Å². The van der Waals surface area contributed by atoms with Gasteiger partial charge in [0.05, 0.1) is 16.6 Å². The first-order valence-corrected chi connectivity index (χ1v) is 11.7. The summed E-state index contributed by atoms with van der Waals surface area (Å²) in [7, 11) is 1.78. The molecular formula is C23H19ClN4OS2. The van der Waals surface area contributed by atoms with Crippen molar-refractivity contribution in [3.8, 4) is 22.5 Å². The summed E-state index contributed by atoms with van der Waals surface area (Å²) in [4.78, 5) is 20.0. The van der Waals surface area contributed by atoms with Gasteiger partial charge in [-0.2, -0.15) is 0 Å². The van der Waals surface area contributed by atoms with E-state index in [0.29, 0.717) is 17.4 Å². The number of aromatic nitrogens is 3. The van der Waals surface area contributed by atoms with Gasteiger partial charge in [-0.1, -0.05) is 84.0 Å². The van der Waals surface area contributed by atoms with E-state index < -0.39 is 0 Å². The molecule has 0 aliphatic rings. The summed E-state index contributed by atoms with van der Waals surface area (Å²) in [6.07, 6.45) is 0. The normalized spacial score (nSPS) is 10.8. The third-order valence-corrected chi connectivity index (χ3v) is 6.57. The number of halogens is 1. The number of hydrogen-bond donors (Lipinski definition) is 0. The maximum absolute atomic E-state index is 12.6. The fourth-order valence-electron chi connectivity index (χ4n) is 2.96. The molecule has 0 saturated heterocycles. The molecule has 0 aliphatic carbocycles. The second-order valence-corrected chi connectivity index (χ2v) is 9.51. The van der Waals surface area contributed by atoms with Crippen LogP contribution in [-0.2, 0) is 11.3 Å². The molecule has 8 heteroatoms. The molecule has 2 aromatic carbocycles. The van der Waals surface area contributed by atoms with E-state index in [0.717, 1.165) is 26.0 Å². The molecule has 0 saturated carbocycles. The zero-order valence-corrected chi connectivity index (χ0v) is 19.1. The minimum absolute atomic E-state index is 0.00785. The molecule has 31 heavy (non-hydrogen) atoms. The van der Waals surface area contributed by atoms with E-state index in [1.807, 2.05) is 72.8 Å². The second-order valence-electron chi connectivity index (χ2n) is 6.77. The van der Waals surface area contributed by atoms with Crippen molar-refractivity contribution in [2.24, 2.45) is 0 Å². The lowest BCUT2D eigenvalue weighted by Gasteiger charge is -2.15. The Kier molecular flexibility index (Phi) is 6.96. The highest BCUT2D eigenvalue weighted by atomic mass is 35.5. The molecule has 0 bridgehead atoms. The van der Waals surface area contributed by atoms with Crippen LogP contribution in [0, 0.1) is 0 Å². The van der Waals surface area contributed by atoms with Crippen LogP contribution in [0.25, 0.3) is 22.5 Å². The van der Waals surface area contributed by atoms with Crippen molar-refractivity contribution < 1.29 is 4.79 Å². The largest absolute Gasteiger partial charge is 0.340 e. The van der Waals surface area contributed by atoms with E-state index in [2.05, 4.69) is 10.2 Å². The predicted molar refractivity (Wildman–Crippen MR) is 127 cm³/mol. The van der Waals surface area contributed by atoms with Crippen LogP contribution in [0.4, 0.5) is 0 Å². The average Bonchev–Trinajstić information content (AvgIpc) is 3.22. The zero-order valence-electron chi connectivity index (χ0n) is 16.7. The van der Waals surface area contributed by atoms with E-state index in [4.69, 9.17) is 16.6 Å². The smallest absolute Gasteiger partial charge is 0.233 e. The van der Waals surface area contributed by atoms with Gasteiger partial charge >= 0.3 is 0 Å². The van der Waals surface area contributed by atoms with Gasteiger partial charge in [-0.25, -0.2) is 4.98 Å². The van der Waals surface area contributed by atoms with Gasteiger partial charge in [0.25, 0.3) is 0 Å². The number of carbonyl (C=O) groups is 1. The molecule has 4 aromatic rings. The first-order chi connectivity index (χ1) is 15.1. The van der Waals surface area contributed by atoms with Crippen LogP contribution in [0.5, 0.6) is 0 Å². The molecule has 156 valence electrons. The third kappa shape index (κ3) is 5.50. The van der Waals surface area contributed by atoms with Crippen LogP contribution in [0.2, 0.25) is 4.34 Å². The molecule has 0 atom stereocenters. The molecule has 2 heterocycles. The lowest BCUT2D eigenvalue weighted by Crippen LogP contribution is -2.27. The fraction of sp³-hybridized carbons (Fsp3) is 0.130. The van der Waals surface area contributed by atoms with Crippen LogP contribution in [0.1, 0.15) is 4.88 Å². The Morgan fingerprint density at radius 3 is 2.19 bits per heavy atom. The number of nitrogens with zero attached hydrogens (tertiary/aromatic N) is 4. The molecule has 0 unspecified atom stereocenters. The third-order valence-electron chi connectivity index (χ3n) is 4.53. The summed E-state index contributed by atoms with van der Waals surface area (Å²) in [6, 6.07) is 23.5. The zero-order chi connectivity index (χ0) is 21.6. The van der Waals surface area contributed by atoms with Gasteiger partial charge in [0.2, 0.25) is 11.1 Å². The van der Waals surface area contributed by atoms with E-state index in [1.165, 1.54) is 23.1 Å². The molecule has 0 radical (unpaired) electrons. The van der Waals surface area contributed by atoms with Gasteiger partial charge in [0.1, 0.15) is 11.4 Å². The van der Waals surface area contributed by atoms with Gasteiger partial charge in [-0.15, -0.1) is 21.5 Å². The Bertz CT molecular complexity index is 1170. The summed E-state index contributed by atoms with van der Waals surface area (Å²) in [5, 5.41) is 9.19. The van der Waals surface area contributed by atoms with Crippen molar-refractivity contribution >= 4 is 40.6 Å². The molecule has 5 nitrogen and oxygen atoms in total. The second kappa shape index (κ2) is 10.0. The van der Waals surface area contributed by atoms with Gasteiger partial charge in [0.15, 0.2) is 0 Å². The van der Waals surface area contributed by atoms with Crippen molar-refractivity contribution in [1.29, 1.82) is 0 Å². The van der Waals surface area contributed by atoms with Crippen LogP contribution >= 0.6 is 34.7 Å². The summed E-state index contributed by atoms with van der Waals surface area (Å²) < 4.78 is 0.719. The molecule has 4 rings (SSSR count). The monoisotopic (exact) mass is 466 g/mol. The Labute approximate surface area is 194 Å². The first-order valence-electron chi connectivity index (χ1n) is 9.56. The number of amides is 1. The van der Waals surface area contributed by atoms with Crippen molar-refractivity contribution in [1.82, 2.24) is 20.1 Å². The van der Waals surface area contributed by atoms with Crippen LogP contribution in [-0.4, -0.2) is 38.8 Å². The van der Waals surface area contributed by atoms with E-state index in [1.54, 1.807) is 11.9 Å². The number of thiophene rings is 1. The van der Waals surface area contributed by atoms with Crippen LogP contribution in [0.3, 0.4) is 0 Å². The topological polar surface area (TPSA) is 59.0 Å². The van der Waals surface area contributed by atoms with Gasteiger partial charge < -0.3 is 4.90 Å². The standard InChI is InChI=1S/C23H19ClN4OS2/c1-28(14-18-12-13-19(24)31-18)20(29)15-30-23-25-21(16-8-4-2-5-9-16)22(26-27-23)17-10-6-3-7-11-17/h2-13H,14-15H2,1H3. The molecular weight excluding hydrogens is 448 g/mol. The molecule has 0 N–H and O–H groups in total. The quantitative estimate of drug-likeness (QED) is 0.328. The van der Waals surface area contributed by atoms with Gasteiger partial charge in [0, 0.05) is 23.1 Å². The Hall–Kier alpha value is -2.74. The number of carbonyl (C=O) groups excluding carboxylic acids is 1. The van der Waals surface area contributed by atoms with Crippen molar-refractivity contribution in [3.05, 3.63) is 82.0 Å². The highest BCUT2D eigenvalue weighted by molar-refractivity contribution is 7.99. The molecule has 0 spiro atoms. The van der Waals surface area contributed by atoms with E-state index in [9.17, 15) is 4.79 Å². The maximum atomic E-state index is 12.6. The van der Waals surface area contributed by atoms with Crippen molar-refractivity contribution in [3.63, 3.8) is 0 Å². The maximum Gasteiger partial charge on any atom is 0.233 e. The average molecular weight is 467 g/mol. The molecule has 0 aliphatic heterocycles. The number of rotatable bonds is 7. The van der Waals surface area contributed by atoms with Crippen molar-refractivity contribution in [2.75, 3.05) is 12.8 Å². The summed E-state index contributed by atoms with van der Waals surface area (Å²) in [5.74, 6) is 0.224. The number of thioether (sulfide) groups is 1. The van der Waals surface area contributed by atoms with Gasteiger partial charge in [-0.05, 0) is 12.1 Å². The minimum Gasteiger partial charge on any atom is -0.340 e. The SMILES string of the molecule is CN(Cc1ccc(Cl)s1)C(=O)CSc1nnc(-c2ccccc2)c(-c2ccccc2)n1. The highest BCUT2D eigenvalue weighted by Gasteiger charge is 2.16. The fourth-order valence-corrected chi connectivity index (χ4v) is 4.82. The summed E-state index contributed by atoms with van der Waals surface area (Å²) >= 11 is 8.74. The Morgan fingerprint density at radius 2 is 1.58 bits per heavy atom. The highest BCUT2D eigenvalue weighted by Crippen LogP contribution is 2.29. The van der Waals surface area contributed by atoms with E-state index in [-0.39, 0.29) is 11.7 Å².